The number of nitrogens with zero attached hydrogens (tertiary/aromatic N) is 1. The minimum Gasteiger partial charge on any atom is -0.259 e. The van der Waals surface area contributed by atoms with Crippen LogP contribution in [0, 0.1) is 0 Å². The molecule has 1 aromatic rings. The number of fused-ring (bicyclic) bond motifs is 1. The number of hydrogen-bond donors (Lipinski definition) is 0. The van der Waals surface area contributed by atoms with Crippen LogP contribution in [0.2, 0.25) is 0 Å². The summed E-state index contributed by atoms with van der Waals surface area (Å²) in [5, 5.41) is -0.0174. The number of hydrogen-bond acceptors (Lipinski definition) is 1. The van der Waals surface area contributed by atoms with Crippen LogP contribution >= 0.6 is 11.6 Å². The SMILES string of the molecule is Cl[C@H]1C=Nc2ccccc21. The van der Waals surface area contributed by atoms with Crippen LogP contribution in [-0.2, 0) is 0 Å². The van der Waals surface area contributed by atoms with E-state index < -0.39 is 0 Å². The Morgan fingerprint density at radius 1 is 1.30 bits per heavy atom. The van der Waals surface area contributed by atoms with Gasteiger partial charge >= 0.3 is 0 Å². The number of alkyl halides is 1. The molecule has 1 nitrogen and oxygen atoms in total. The van der Waals surface area contributed by atoms with Gasteiger partial charge in [0.1, 0.15) is 0 Å². The first-order valence-electron chi connectivity index (χ1n) is 3.15. The first-order valence-corrected chi connectivity index (χ1v) is 3.59. The van der Waals surface area contributed by atoms with Crippen LogP contribution < -0.4 is 0 Å². The zero-order valence-corrected chi connectivity index (χ0v) is 6.05. The first-order chi connectivity index (χ1) is 4.88. The van der Waals surface area contributed by atoms with Crippen LogP contribution in [0.4, 0.5) is 5.69 Å². The third-order valence-electron chi connectivity index (χ3n) is 1.58. The van der Waals surface area contributed by atoms with Gasteiger partial charge in [-0.1, -0.05) is 18.2 Å². The topological polar surface area (TPSA) is 12.4 Å². The normalized spacial score (nSPS) is 21.1. The average molecular weight is 152 g/mol. The van der Waals surface area contributed by atoms with Crippen molar-refractivity contribution in [1.29, 1.82) is 0 Å². The van der Waals surface area contributed by atoms with Crippen molar-refractivity contribution in [3.8, 4) is 0 Å². The van der Waals surface area contributed by atoms with Gasteiger partial charge in [0.15, 0.2) is 0 Å². The fraction of sp³-hybridized carbons (Fsp3) is 0.125. The lowest BCUT2D eigenvalue weighted by atomic mass is 10.2. The minimum absolute atomic E-state index is 0.0174. The quantitative estimate of drug-likeness (QED) is 0.506. The summed E-state index contributed by atoms with van der Waals surface area (Å²) in [6, 6.07) is 7.90. The van der Waals surface area contributed by atoms with Gasteiger partial charge in [-0.25, -0.2) is 0 Å². The van der Waals surface area contributed by atoms with Crippen molar-refractivity contribution in [3.05, 3.63) is 29.8 Å². The van der Waals surface area contributed by atoms with E-state index in [9.17, 15) is 0 Å². The Morgan fingerprint density at radius 2 is 2.10 bits per heavy atom. The molecule has 10 heavy (non-hydrogen) atoms. The maximum atomic E-state index is 5.89. The standard InChI is InChI=1S/C8H6ClN/c9-7-5-10-8-4-2-1-3-6(7)8/h1-5,7H/t7-/m0/s1. The molecule has 0 aliphatic carbocycles. The predicted octanol–water partition coefficient (Wildman–Crippen LogP) is 2.68. The van der Waals surface area contributed by atoms with E-state index in [-0.39, 0.29) is 5.38 Å². The lowest BCUT2D eigenvalue weighted by molar-refractivity contribution is 1.36. The van der Waals surface area contributed by atoms with E-state index in [1.54, 1.807) is 6.21 Å². The molecule has 0 aromatic heterocycles. The van der Waals surface area contributed by atoms with Crippen LogP contribution in [0.5, 0.6) is 0 Å². The van der Waals surface area contributed by atoms with E-state index in [2.05, 4.69) is 4.99 Å². The molecule has 0 fully saturated rings. The summed E-state index contributed by atoms with van der Waals surface area (Å²) in [7, 11) is 0. The number of para-hydroxylation sites is 1. The third-order valence-corrected chi connectivity index (χ3v) is 1.93. The summed E-state index contributed by atoms with van der Waals surface area (Å²) in [6.45, 7) is 0. The number of benzene rings is 1. The second-order valence-electron chi connectivity index (χ2n) is 2.24. The van der Waals surface area contributed by atoms with Crippen LogP contribution in [0.1, 0.15) is 10.9 Å². The molecule has 1 aliphatic rings. The Balaban J connectivity index is 2.59. The van der Waals surface area contributed by atoms with Gasteiger partial charge in [0.05, 0.1) is 11.1 Å². The van der Waals surface area contributed by atoms with E-state index in [0.29, 0.717) is 0 Å². The molecular formula is C8H6ClN. The molecule has 1 atom stereocenters. The number of halogens is 1. The summed E-state index contributed by atoms with van der Waals surface area (Å²) >= 11 is 5.89. The van der Waals surface area contributed by atoms with Crippen LogP contribution in [0.15, 0.2) is 29.3 Å². The number of aliphatic imine (C=N–C) groups is 1. The molecular weight excluding hydrogens is 146 g/mol. The van der Waals surface area contributed by atoms with Gasteiger partial charge in [0, 0.05) is 11.8 Å². The Morgan fingerprint density at radius 3 is 2.90 bits per heavy atom. The fourth-order valence-electron chi connectivity index (χ4n) is 1.06. The summed E-state index contributed by atoms with van der Waals surface area (Å²) in [4.78, 5) is 4.12. The molecule has 0 saturated carbocycles. The van der Waals surface area contributed by atoms with Gasteiger partial charge in [-0.15, -0.1) is 11.6 Å². The van der Waals surface area contributed by atoms with Crippen molar-refractivity contribution < 1.29 is 0 Å². The van der Waals surface area contributed by atoms with Crippen molar-refractivity contribution in [2.45, 2.75) is 5.38 Å². The Hall–Kier alpha value is -0.820. The lowest BCUT2D eigenvalue weighted by Crippen LogP contribution is -1.82. The Bertz CT molecular complexity index is 280. The highest BCUT2D eigenvalue weighted by molar-refractivity contribution is 6.29. The molecule has 50 valence electrons. The van der Waals surface area contributed by atoms with E-state index in [0.717, 1.165) is 11.3 Å². The molecule has 0 spiro atoms. The van der Waals surface area contributed by atoms with Crippen LogP contribution in [0.25, 0.3) is 0 Å². The Kier molecular flexibility index (Phi) is 1.24. The van der Waals surface area contributed by atoms with Crippen LogP contribution in [-0.4, -0.2) is 6.21 Å². The highest BCUT2D eigenvalue weighted by Crippen LogP contribution is 2.33. The summed E-state index contributed by atoms with van der Waals surface area (Å²) in [5.74, 6) is 0. The van der Waals surface area contributed by atoms with Gasteiger partial charge in [-0.2, -0.15) is 0 Å². The van der Waals surface area contributed by atoms with Crippen molar-refractivity contribution in [1.82, 2.24) is 0 Å². The maximum absolute atomic E-state index is 5.89. The van der Waals surface area contributed by atoms with E-state index in [1.807, 2.05) is 24.3 Å². The zero-order valence-electron chi connectivity index (χ0n) is 5.29. The maximum Gasteiger partial charge on any atom is 0.0958 e. The second-order valence-corrected chi connectivity index (χ2v) is 2.71. The summed E-state index contributed by atoms with van der Waals surface area (Å²) < 4.78 is 0. The van der Waals surface area contributed by atoms with Crippen molar-refractivity contribution in [3.63, 3.8) is 0 Å². The molecule has 0 unspecified atom stereocenters. The molecule has 0 N–H and O–H groups in total. The van der Waals surface area contributed by atoms with Crippen molar-refractivity contribution >= 4 is 23.5 Å². The largest absolute Gasteiger partial charge is 0.259 e. The predicted molar refractivity (Wildman–Crippen MR) is 43.2 cm³/mol. The summed E-state index contributed by atoms with van der Waals surface area (Å²) in [5.41, 5.74) is 2.12. The molecule has 0 bridgehead atoms. The Labute approximate surface area is 64.4 Å². The monoisotopic (exact) mass is 151 g/mol. The van der Waals surface area contributed by atoms with E-state index in [1.165, 1.54) is 0 Å². The minimum atomic E-state index is -0.0174. The second kappa shape index (κ2) is 2.10. The molecule has 1 aromatic carbocycles. The van der Waals surface area contributed by atoms with Gasteiger partial charge < -0.3 is 0 Å². The van der Waals surface area contributed by atoms with E-state index >= 15 is 0 Å². The van der Waals surface area contributed by atoms with Gasteiger partial charge in [-0.3, -0.25) is 4.99 Å². The van der Waals surface area contributed by atoms with E-state index in [4.69, 9.17) is 11.6 Å². The summed E-state index contributed by atoms with van der Waals surface area (Å²) in [6.07, 6.45) is 1.76. The van der Waals surface area contributed by atoms with Crippen molar-refractivity contribution in [2.75, 3.05) is 0 Å². The molecule has 2 rings (SSSR count). The van der Waals surface area contributed by atoms with Crippen LogP contribution in [0.3, 0.4) is 0 Å². The average Bonchev–Trinajstić information content (AvgIpc) is 2.34. The highest BCUT2D eigenvalue weighted by Gasteiger charge is 2.13. The lowest BCUT2D eigenvalue weighted by Gasteiger charge is -1.97. The molecule has 0 amide bonds. The fourth-order valence-corrected chi connectivity index (χ4v) is 1.31. The molecule has 0 radical (unpaired) electrons. The smallest absolute Gasteiger partial charge is 0.0958 e. The molecule has 0 saturated heterocycles. The number of rotatable bonds is 0. The third kappa shape index (κ3) is 0.745. The van der Waals surface area contributed by atoms with Crippen molar-refractivity contribution in [2.24, 2.45) is 4.99 Å². The van der Waals surface area contributed by atoms with Gasteiger partial charge in [0.25, 0.3) is 0 Å². The van der Waals surface area contributed by atoms with Gasteiger partial charge in [0.2, 0.25) is 0 Å². The molecule has 1 heterocycles. The first kappa shape index (κ1) is 5.93. The van der Waals surface area contributed by atoms with Gasteiger partial charge in [-0.05, 0) is 6.07 Å². The highest BCUT2D eigenvalue weighted by atomic mass is 35.5. The molecule has 2 heteroatoms. The zero-order chi connectivity index (χ0) is 6.97. The molecule has 1 aliphatic heterocycles.